The highest BCUT2D eigenvalue weighted by molar-refractivity contribution is 7.92. The van der Waals surface area contributed by atoms with E-state index in [1.165, 1.54) is 22.9 Å². The summed E-state index contributed by atoms with van der Waals surface area (Å²) in [4.78, 5) is 12.3. The lowest BCUT2D eigenvalue weighted by atomic mass is 10.2. The molecule has 0 radical (unpaired) electrons. The van der Waals surface area contributed by atoms with Crippen LogP contribution in [-0.4, -0.2) is 24.1 Å². The summed E-state index contributed by atoms with van der Waals surface area (Å²) in [6, 6.07) is 12.0. The van der Waals surface area contributed by atoms with Crippen LogP contribution in [0.15, 0.2) is 71.9 Å². The van der Waals surface area contributed by atoms with Crippen molar-refractivity contribution in [1.82, 2.24) is 9.78 Å². The smallest absolute Gasteiger partial charge is 0.261 e. The second-order valence-corrected chi connectivity index (χ2v) is 7.47. The van der Waals surface area contributed by atoms with Crippen LogP contribution in [0.1, 0.15) is 13.0 Å². The van der Waals surface area contributed by atoms with Gasteiger partial charge in [-0.2, -0.15) is 5.10 Å². The number of anilines is 2. The molecule has 0 aliphatic heterocycles. The van der Waals surface area contributed by atoms with Gasteiger partial charge in [-0.1, -0.05) is 6.07 Å². The summed E-state index contributed by atoms with van der Waals surface area (Å²) in [6.07, 6.45) is 3.26. The topological polar surface area (TPSA) is 93.1 Å². The van der Waals surface area contributed by atoms with Crippen LogP contribution in [0.25, 0.3) is 0 Å². The van der Waals surface area contributed by atoms with Crippen molar-refractivity contribution < 1.29 is 17.6 Å². The van der Waals surface area contributed by atoms with Gasteiger partial charge >= 0.3 is 0 Å². The Morgan fingerprint density at radius 1 is 1.11 bits per heavy atom. The Bertz CT molecular complexity index is 1030. The minimum absolute atomic E-state index is 0.0642. The third-order valence-electron chi connectivity index (χ3n) is 3.81. The predicted octanol–water partition coefficient (Wildman–Crippen LogP) is 3.02. The van der Waals surface area contributed by atoms with Gasteiger partial charge in [-0.05, 0) is 55.5 Å². The summed E-state index contributed by atoms with van der Waals surface area (Å²) in [7, 11) is -3.87. The maximum Gasteiger partial charge on any atom is 0.261 e. The van der Waals surface area contributed by atoms with Crippen molar-refractivity contribution in [1.29, 1.82) is 0 Å². The van der Waals surface area contributed by atoms with Gasteiger partial charge in [0.15, 0.2) is 0 Å². The lowest BCUT2D eigenvalue weighted by molar-refractivity contribution is -0.119. The van der Waals surface area contributed by atoms with E-state index in [2.05, 4.69) is 15.1 Å². The van der Waals surface area contributed by atoms with Crippen LogP contribution in [0.5, 0.6) is 0 Å². The number of halogens is 1. The van der Waals surface area contributed by atoms with Crippen LogP contribution in [0.4, 0.5) is 15.8 Å². The number of sulfonamides is 1. The number of carbonyl (C=O) groups excluding carboxylic acids is 1. The molecular weight excluding hydrogens is 371 g/mol. The summed E-state index contributed by atoms with van der Waals surface area (Å²) in [5.74, 6) is -0.817. The first-order chi connectivity index (χ1) is 12.8. The largest absolute Gasteiger partial charge is 0.324 e. The van der Waals surface area contributed by atoms with E-state index in [0.29, 0.717) is 5.69 Å². The molecule has 2 N–H and O–H groups in total. The van der Waals surface area contributed by atoms with Gasteiger partial charge in [0.1, 0.15) is 11.9 Å². The van der Waals surface area contributed by atoms with E-state index < -0.39 is 21.9 Å². The molecule has 0 aliphatic rings. The van der Waals surface area contributed by atoms with Crippen molar-refractivity contribution in [3.63, 3.8) is 0 Å². The van der Waals surface area contributed by atoms with Crippen LogP contribution in [-0.2, 0) is 14.8 Å². The van der Waals surface area contributed by atoms with Gasteiger partial charge in [-0.25, -0.2) is 12.8 Å². The molecule has 0 saturated carbocycles. The normalized spacial score (nSPS) is 12.4. The first-order valence-corrected chi connectivity index (χ1v) is 9.52. The Morgan fingerprint density at radius 3 is 2.48 bits per heavy atom. The number of hydrogen-bond donors (Lipinski definition) is 2. The van der Waals surface area contributed by atoms with Gasteiger partial charge in [0.25, 0.3) is 10.0 Å². The molecule has 1 unspecified atom stereocenters. The molecule has 140 valence electrons. The Hall–Kier alpha value is -3.20. The van der Waals surface area contributed by atoms with Gasteiger partial charge in [-0.15, -0.1) is 0 Å². The molecule has 1 amide bonds. The zero-order valence-corrected chi connectivity index (χ0v) is 15.2. The fraction of sp³-hybridized carbons (Fsp3) is 0.111. The third-order valence-corrected chi connectivity index (χ3v) is 5.20. The Labute approximate surface area is 155 Å². The molecule has 0 saturated heterocycles. The maximum atomic E-state index is 13.0. The van der Waals surface area contributed by atoms with E-state index in [9.17, 15) is 17.6 Å². The number of nitrogens with zero attached hydrogens (tertiary/aromatic N) is 2. The highest BCUT2D eigenvalue weighted by Crippen LogP contribution is 2.20. The number of nitrogens with one attached hydrogen (secondary N) is 2. The van der Waals surface area contributed by atoms with Crippen molar-refractivity contribution in [3.05, 3.63) is 72.8 Å². The van der Waals surface area contributed by atoms with Gasteiger partial charge < -0.3 is 5.32 Å². The average Bonchev–Trinajstić information content (AvgIpc) is 3.16. The molecule has 0 bridgehead atoms. The van der Waals surface area contributed by atoms with Gasteiger partial charge in [0.2, 0.25) is 5.91 Å². The quantitative estimate of drug-likeness (QED) is 0.679. The zero-order valence-electron chi connectivity index (χ0n) is 14.3. The summed E-state index contributed by atoms with van der Waals surface area (Å²) in [5.41, 5.74) is 0.696. The number of amides is 1. The Morgan fingerprint density at radius 2 is 1.81 bits per heavy atom. The molecule has 0 aliphatic carbocycles. The van der Waals surface area contributed by atoms with E-state index >= 15 is 0 Å². The lowest BCUT2D eigenvalue weighted by Gasteiger charge is -2.14. The molecular formula is C18H17FN4O3S. The highest BCUT2D eigenvalue weighted by atomic mass is 32.2. The van der Waals surface area contributed by atoms with Crippen LogP contribution >= 0.6 is 0 Å². The molecule has 1 atom stereocenters. The average molecular weight is 388 g/mol. The molecule has 0 spiro atoms. The van der Waals surface area contributed by atoms with E-state index in [1.54, 1.807) is 43.6 Å². The minimum atomic E-state index is -3.87. The summed E-state index contributed by atoms with van der Waals surface area (Å²) in [6.45, 7) is 1.70. The number of rotatable bonds is 6. The number of benzene rings is 2. The molecule has 1 heterocycles. The Balaban J connectivity index is 1.73. The molecule has 7 nitrogen and oxygen atoms in total. The summed E-state index contributed by atoms with van der Waals surface area (Å²) in [5, 5.41) is 6.74. The maximum absolute atomic E-state index is 13.0. The van der Waals surface area contributed by atoms with Gasteiger partial charge in [0, 0.05) is 18.1 Å². The lowest BCUT2D eigenvalue weighted by Crippen LogP contribution is -2.24. The van der Waals surface area contributed by atoms with Crippen LogP contribution in [0.2, 0.25) is 0 Å². The van der Waals surface area contributed by atoms with Crippen molar-refractivity contribution in [2.45, 2.75) is 17.9 Å². The monoisotopic (exact) mass is 388 g/mol. The van der Waals surface area contributed by atoms with Gasteiger partial charge in [-0.3, -0.25) is 14.2 Å². The van der Waals surface area contributed by atoms with Crippen molar-refractivity contribution >= 4 is 27.3 Å². The van der Waals surface area contributed by atoms with Crippen LogP contribution in [0.3, 0.4) is 0 Å². The molecule has 9 heteroatoms. The molecule has 3 aromatic rings. The molecule has 1 aromatic heterocycles. The standard InChI is InChI=1S/C18H17FN4O3S/c1-13(23-11-3-10-20-23)18(24)21-15-4-2-5-16(12-15)22-27(25,26)17-8-6-14(19)7-9-17/h2-13,22H,1H3,(H,21,24). The van der Waals surface area contributed by atoms with Crippen LogP contribution < -0.4 is 10.0 Å². The summed E-state index contributed by atoms with van der Waals surface area (Å²) >= 11 is 0. The molecule has 0 fully saturated rings. The SMILES string of the molecule is CC(C(=O)Nc1cccc(NS(=O)(=O)c2ccc(F)cc2)c1)n1cccn1. The fourth-order valence-corrected chi connectivity index (χ4v) is 3.41. The molecule has 27 heavy (non-hydrogen) atoms. The number of aromatic nitrogens is 2. The highest BCUT2D eigenvalue weighted by Gasteiger charge is 2.17. The van der Waals surface area contributed by atoms with Crippen LogP contribution in [0, 0.1) is 5.82 Å². The number of hydrogen-bond acceptors (Lipinski definition) is 4. The first-order valence-electron chi connectivity index (χ1n) is 8.03. The van der Waals surface area contributed by atoms with Gasteiger partial charge in [0.05, 0.1) is 10.6 Å². The molecule has 2 aromatic carbocycles. The second-order valence-electron chi connectivity index (χ2n) is 5.79. The summed E-state index contributed by atoms with van der Waals surface area (Å²) < 4.78 is 41.7. The van der Waals surface area contributed by atoms with E-state index in [-0.39, 0.29) is 16.5 Å². The second kappa shape index (κ2) is 7.58. The third kappa shape index (κ3) is 4.50. The number of carbonyl (C=O) groups is 1. The van der Waals surface area contributed by atoms with E-state index in [4.69, 9.17) is 0 Å². The van der Waals surface area contributed by atoms with E-state index in [1.807, 2.05) is 0 Å². The van der Waals surface area contributed by atoms with Crippen molar-refractivity contribution in [2.24, 2.45) is 0 Å². The van der Waals surface area contributed by atoms with Crippen molar-refractivity contribution in [2.75, 3.05) is 10.0 Å². The fourth-order valence-electron chi connectivity index (χ4n) is 2.36. The molecule has 3 rings (SSSR count). The Kier molecular flexibility index (Phi) is 5.22. The minimum Gasteiger partial charge on any atom is -0.324 e. The predicted molar refractivity (Wildman–Crippen MR) is 99.2 cm³/mol. The first kappa shape index (κ1) is 18.6. The van der Waals surface area contributed by atoms with Crippen molar-refractivity contribution in [3.8, 4) is 0 Å². The zero-order chi connectivity index (χ0) is 19.4. The van der Waals surface area contributed by atoms with E-state index in [0.717, 1.165) is 12.1 Å².